The quantitative estimate of drug-likeness (QED) is 0.472. The van der Waals surface area contributed by atoms with Gasteiger partial charge in [-0.1, -0.05) is 0 Å². The average Bonchev–Trinajstić information content (AvgIpc) is 2.88. The van der Waals surface area contributed by atoms with Crippen LogP contribution in [0.15, 0.2) is 34.0 Å². The molecule has 7 heteroatoms. The van der Waals surface area contributed by atoms with Gasteiger partial charge in [-0.05, 0) is 35.0 Å². The Hall–Kier alpha value is -1.60. The van der Waals surface area contributed by atoms with Crippen LogP contribution in [-0.4, -0.2) is 42.2 Å². The van der Waals surface area contributed by atoms with Gasteiger partial charge in [-0.2, -0.15) is 0 Å². The van der Waals surface area contributed by atoms with Crippen LogP contribution in [0.3, 0.4) is 0 Å². The zero-order valence-corrected chi connectivity index (χ0v) is 13.9. The number of nitrogens with one attached hydrogen (secondary N) is 2. The monoisotopic (exact) mass is 353 g/mol. The highest BCUT2D eigenvalue weighted by molar-refractivity contribution is 9.10. The zero-order valence-electron chi connectivity index (χ0n) is 12.3. The number of pyridine rings is 1. The Kier molecular flexibility index (Phi) is 6.01. The molecule has 2 heterocycles. The standard InChI is InChI=1S/C14H20BrN5O/c1-3-21-7-6-17-14(16-2)18-8-12-10-20-9-11(15)4-5-13(20)19-12/h4-5,9-10H,3,6-8H2,1-2H3,(H2,16,17,18). The van der Waals surface area contributed by atoms with Gasteiger partial charge in [0.2, 0.25) is 0 Å². The van der Waals surface area contributed by atoms with Crippen LogP contribution >= 0.6 is 15.9 Å². The first-order valence-electron chi connectivity index (χ1n) is 6.88. The second-order valence-corrected chi connectivity index (χ2v) is 5.31. The van der Waals surface area contributed by atoms with Crippen molar-refractivity contribution in [3.05, 3.63) is 34.7 Å². The fourth-order valence-electron chi connectivity index (χ4n) is 1.88. The average molecular weight is 354 g/mol. The van der Waals surface area contributed by atoms with Crippen molar-refractivity contribution in [2.24, 2.45) is 4.99 Å². The number of guanidine groups is 1. The van der Waals surface area contributed by atoms with E-state index >= 15 is 0 Å². The summed E-state index contributed by atoms with van der Waals surface area (Å²) in [5.74, 6) is 0.743. The number of imidazole rings is 1. The molecule has 0 spiro atoms. The van der Waals surface area contributed by atoms with Crippen LogP contribution in [0, 0.1) is 0 Å². The third-order valence-electron chi connectivity index (χ3n) is 2.87. The summed E-state index contributed by atoms with van der Waals surface area (Å²) >= 11 is 3.45. The first-order valence-corrected chi connectivity index (χ1v) is 7.67. The molecular formula is C14H20BrN5O. The van der Waals surface area contributed by atoms with E-state index in [-0.39, 0.29) is 0 Å². The minimum Gasteiger partial charge on any atom is -0.380 e. The topological polar surface area (TPSA) is 63.0 Å². The van der Waals surface area contributed by atoms with Crippen molar-refractivity contribution >= 4 is 27.5 Å². The van der Waals surface area contributed by atoms with Crippen molar-refractivity contribution in [3.8, 4) is 0 Å². The van der Waals surface area contributed by atoms with E-state index in [1.54, 1.807) is 7.05 Å². The first-order chi connectivity index (χ1) is 10.2. The lowest BCUT2D eigenvalue weighted by atomic mass is 10.5. The molecule has 21 heavy (non-hydrogen) atoms. The van der Waals surface area contributed by atoms with Gasteiger partial charge in [-0.3, -0.25) is 4.99 Å². The van der Waals surface area contributed by atoms with Gasteiger partial charge in [0.15, 0.2) is 5.96 Å². The molecule has 0 bridgehead atoms. The Morgan fingerprint density at radius 1 is 1.38 bits per heavy atom. The molecule has 0 saturated heterocycles. The molecule has 6 nitrogen and oxygen atoms in total. The van der Waals surface area contributed by atoms with E-state index in [2.05, 4.69) is 36.5 Å². The van der Waals surface area contributed by atoms with Crippen LogP contribution in [0.4, 0.5) is 0 Å². The van der Waals surface area contributed by atoms with Crippen molar-refractivity contribution in [2.75, 3.05) is 26.8 Å². The van der Waals surface area contributed by atoms with Gasteiger partial charge in [-0.15, -0.1) is 0 Å². The number of hydrogen-bond acceptors (Lipinski definition) is 3. The third-order valence-corrected chi connectivity index (χ3v) is 3.34. The summed E-state index contributed by atoms with van der Waals surface area (Å²) in [7, 11) is 1.75. The van der Waals surface area contributed by atoms with E-state index in [1.165, 1.54) is 0 Å². The Morgan fingerprint density at radius 2 is 2.24 bits per heavy atom. The highest BCUT2D eigenvalue weighted by atomic mass is 79.9. The predicted octanol–water partition coefficient (Wildman–Crippen LogP) is 1.80. The smallest absolute Gasteiger partial charge is 0.191 e. The number of aromatic nitrogens is 2. The van der Waals surface area contributed by atoms with Gasteiger partial charge in [0.25, 0.3) is 0 Å². The van der Waals surface area contributed by atoms with E-state index in [0.29, 0.717) is 13.2 Å². The molecule has 2 aromatic heterocycles. The van der Waals surface area contributed by atoms with Crippen LogP contribution in [0.2, 0.25) is 0 Å². The summed E-state index contributed by atoms with van der Waals surface area (Å²) in [6, 6.07) is 3.95. The molecule has 2 rings (SSSR count). The maximum Gasteiger partial charge on any atom is 0.191 e. The predicted molar refractivity (Wildman–Crippen MR) is 87.6 cm³/mol. The zero-order chi connectivity index (χ0) is 15.1. The van der Waals surface area contributed by atoms with Gasteiger partial charge in [0.1, 0.15) is 5.65 Å². The molecule has 114 valence electrons. The molecule has 0 unspecified atom stereocenters. The largest absolute Gasteiger partial charge is 0.380 e. The molecule has 0 fully saturated rings. The number of aliphatic imine (C=N–C) groups is 1. The maximum atomic E-state index is 5.28. The molecule has 0 saturated carbocycles. The lowest BCUT2D eigenvalue weighted by molar-refractivity contribution is 0.152. The van der Waals surface area contributed by atoms with Crippen LogP contribution in [0.25, 0.3) is 5.65 Å². The van der Waals surface area contributed by atoms with Crippen molar-refractivity contribution in [1.82, 2.24) is 20.0 Å². The summed E-state index contributed by atoms with van der Waals surface area (Å²) in [5, 5.41) is 6.42. The van der Waals surface area contributed by atoms with Crippen LogP contribution in [-0.2, 0) is 11.3 Å². The van der Waals surface area contributed by atoms with Gasteiger partial charge in [-0.25, -0.2) is 4.98 Å². The second-order valence-electron chi connectivity index (χ2n) is 4.39. The number of halogens is 1. The Bertz CT molecular complexity index is 610. The van der Waals surface area contributed by atoms with Gasteiger partial charge in [0, 0.05) is 37.1 Å². The molecule has 0 aliphatic heterocycles. The summed E-state index contributed by atoms with van der Waals surface area (Å²) < 4.78 is 8.30. The lowest BCUT2D eigenvalue weighted by Crippen LogP contribution is -2.38. The highest BCUT2D eigenvalue weighted by Gasteiger charge is 2.03. The summed E-state index contributed by atoms with van der Waals surface area (Å²) in [4.78, 5) is 8.71. The molecule has 0 atom stereocenters. The van der Waals surface area contributed by atoms with Crippen molar-refractivity contribution in [3.63, 3.8) is 0 Å². The highest BCUT2D eigenvalue weighted by Crippen LogP contribution is 2.12. The van der Waals surface area contributed by atoms with Gasteiger partial charge in [0.05, 0.1) is 18.8 Å². The van der Waals surface area contributed by atoms with E-state index < -0.39 is 0 Å². The molecule has 0 radical (unpaired) electrons. The summed E-state index contributed by atoms with van der Waals surface area (Å²) in [6.07, 6.45) is 3.99. The van der Waals surface area contributed by atoms with Crippen molar-refractivity contribution < 1.29 is 4.74 Å². The van der Waals surface area contributed by atoms with Gasteiger partial charge < -0.3 is 19.8 Å². The lowest BCUT2D eigenvalue weighted by Gasteiger charge is -2.10. The summed E-state index contributed by atoms with van der Waals surface area (Å²) in [6.45, 7) is 4.72. The summed E-state index contributed by atoms with van der Waals surface area (Å²) in [5.41, 5.74) is 1.88. The molecular weight excluding hydrogens is 334 g/mol. The van der Waals surface area contributed by atoms with Crippen LogP contribution < -0.4 is 10.6 Å². The molecule has 0 amide bonds. The van der Waals surface area contributed by atoms with E-state index in [1.807, 2.05) is 35.9 Å². The fraction of sp³-hybridized carbons (Fsp3) is 0.429. The Labute approximate surface area is 132 Å². The Morgan fingerprint density at radius 3 is 3.00 bits per heavy atom. The van der Waals surface area contributed by atoms with Crippen molar-refractivity contribution in [2.45, 2.75) is 13.5 Å². The molecule has 0 aromatic carbocycles. The molecule has 0 aliphatic carbocycles. The normalized spacial score (nSPS) is 11.9. The minimum atomic E-state index is 0.619. The van der Waals surface area contributed by atoms with E-state index in [9.17, 15) is 0 Å². The van der Waals surface area contributed by atoms with Gasteiger partial charge >= 0.3 is 0 Å². The Balaban J connectivity index is 1.87. The number of rotatable bonds is 6. The SMILES string of the molecule is CCOCCNC(=NC)NCc1cn2cc(Br)ccc2n1. The molecule has 2 aromatic rings. The van der Waals surface area contributed by atoms with E-state index in [0.717, 1.165) is 34.9 Å². The number of hydrogen-bond donors (Lipinski definition) is 2. The van der Waals surface area contributed by atoms with Crippen LogP contribution in [0.1, 0.15) is 12.6 Å². The minimum absolute atomic E-state index is 0.619. The third kappa shape index (κ3) is 4.71. The molecule has 2 N–H and O–H groups in total. The first kappa shape index (κ1) is 15.8. The fourth-order valence-corrected chi connectivity index (χ4v) is 2.24. The number of fused-ring (bicyclic) bond motifs is 1. The number of ether oxygens (including phenoxy) is 1. The maximum absolute atomic E-state index is 5.28. The second kappa shape index (κ2) is 7.99. The molecule has 0 aliphatic rings. The van der Waals surface area contributed by atoms with Crippen LogP contribution in [0.5, 0.6) is 0 Å². The van der Waals surface area contributed by atoms with E-state index in [4.69, 9.17) is 4.74 Å². The van der Waals surface area contributed by atoms with Crippen molar-refractivity contribution in [1.29, 1.82) is 0 Å². The number of nitrogens with zero attached hydrogens (tertiary/aromatic N) is 3.